The van der Waals surface area contributed by atoms with E-state index in [4.69, 9.17) is 16.3 Å². The van der Waals surface area contributed by atoms with Crippen LogP contribution in [0.5, 0.6) is 0 Å². The van der Waals surface area contributed by atoms with Crippen LogP contribution in [0.2, 0.25) is 5.02 Å². The molecule has 1 heterocycles. The van der Waals surface area contributed by atoms with Crippen molar-refractivity contribution >= 4 is 35.0 Å². The molecule has 0 bridgehead atoms. The minimum Gasteiger partial charge on any atom is -0.465 e. The molecule has 0 saturated heterocycles. The molecule has 0 aliphatic carbocycles. The van der Waals surface area contributed by atoms with Gasteiger partial charge < -0.3 is 15.4 Å². The summed E-state index contributed by atoms with van der Waals surface area (Å²) >= 11 is 6.20. The van der Waals surface area contributed by atoms with Crippen molar-refractivity contribution in [3.05, 3.63) is 76.4 Å². The van der Waals surface area contributed by atoms with Gasteiger partial charge in [0.05, 0.1) is 23.4 Å². The molecule has 2 N–H and O–H groups in total. The number of nitrogens with zero attached hydrogens (tertiary/aromatic N) is 2. The van der Waals surface area contributed by atoms with Gasteiger partial charge in [-0.25, -0.2) is 9.78 Å². The van der Waals surface area contributed by atoms with Gasteiger partial charge in [0.25, 0.3) is 0 Å². The van der Waals surface area contributed by atoms with Gasteiger partial charge in [0.15, 0.2) is 0 Å². The summed E-state index contributed by atoms with van der Waals surface area (Å²) in [4.78, 5) is 20.3. The fourth-order valence-corrected chi connectivity index (χ4v) is 2.57. The molecule has 2 aromatic carbocycles. The third-order valence-corrected chi connectivity index (χ3v) is 4.21. The van der Waals surface area contributed by atoms with E-state index in [0.717, 1.165) is 5.56 Å². The highest BCUT2D eigenvalue weighted by atomic mass is 35.5. The summed E-state index contributed by atoms with van der Waals surface area (Å²) in [5.41, 5.74) is 3.29. The Morgan fingerprint density at radius 1 is 1.15 bits per heavy atom. The summed E-state index contributed by atoms with van der Waals surface area (Å²) in [7, 11) is 1.33. The molecule has 0 amide bonds. The molecule has 0 radical (unpaired) electrons. The number of aromatic nitrogens is 2. The van der Waals surface area contributed by atoms with Gasteiger partial charge >= 0.3 is 5.97 Å². The average Bonchev–Trinajstić information content (AvgIpc) is 2.69. The van der Waals surface area contributed by atoms with E-state index < -0.39 is 5.97 Å². The first-order valence-electron chi connectivity index (χ1n) is 8.32. The van der Waals surface area contributed by atoms with Crippen LogP contribution in [-0.4, -0.2) is 23.0 Å². The van der Waals surface area contributed by atoms with E-state index in [0.29, 0.717) is 34.6 Å². The van der Waals surface area contributed by atoms with Crippen molar-refractivity contribution in [3.63, 3.8) is 0 Å². The fourth-order valence-electron chi connectivity index (χ4n) is 2.40. The number of aryl methyl sites for hydroxylation is 1. The zero-order chi connectivity index (χ0) is 19.2. The topological polar surface area (TPSA) is 76.1 Å². The Bertz CT molecular complexity index is 945. The number of carbonyl (C=O) groups excluding carboxylic acids is 1. The highest BCUT2D eigenvalue weighted by Crippen LogP contribution is 2.26. The summed E-state index contributed by atoms with van der Waals surface area (Å²) in [6, 6.07) is 14.9. The van der Waals surface area contributed by atoms with Crippen molar-refractivity contribution in [2.75, 3.05) is 17.7 Å². The summed E-state index contributed by atoms with van der Waals surface area (Å²) in [6.45, 7) is 2.70. The number of carbonyl (C=O) groups is 1. The first kappa shape index (κ1) is 18.7. The lowest BCUT2D eigenvalue weighted by Gasteiger charge is -2.10. The summed E-state index contributed by atoms with van der Waals surface area (Å²) in [5.74, 6) is 0.602. The van der Waals surface area contributed by atoms with Gasteiger partial charge in [-0.3, -0.25) is 0 Å². The second-order valence-electron chi connectivity index (χ2n) is 5.92. The second-order valence-corrected chi connectivity index (χ2v) is 6.32. The standard InChI is InChI=1S/C20H19ClN4O2/c1-13-3-5-14(6-4-13)12-23-18-9-10-22-20(25-18)24-17-11-15(19(26)27-2)7-8-16(17)21/h3-11H,12H2,1-2H3,(H2,22,23,24,25). The van der Waals surface area contributed by atoms with Crippen molar-refractivity contribution in [3.8, 4) is 0 Å². The number of hydrogen-bond acceptors (Lipinski definition) is 6. The molecule has 27 heavy (non-hydrogen) atoms. The van der Waals surface area contributed by atoms with Crippen LogP contribution in [-0.2, 0) is 11.3 Å². The van der Waals surface area contributed by atoms with E-state index in [1.54, 1.807) is 30.5 Å². The van der Waals surface area contributed by atoms with Crippen LogP contribution in [0.3, 0.4) is 0 Å². The Hall–Kier alpha value is -3.12. The van der Waals surface area contributed by atoms with Crippen LogP contribution >= 0.6 is 11.6 Å². The molecular formula is C20H19ClN4O2. The molecule has 6 nitrogen and oxygen atoms in total. The predicted molar refractivity (Wildman–Crippen MR) is 107 cm³/mol. The monoisotopic (exact) mass is 382 g/mol. The number of benzene rings is 2. The number of hydrogen-bond donors (Lipinski definition) is 2. The predicted octanol–water partition coefficient (Wildman–Crippen LogP) is 4.58. The largest absolute Gasteiger partial charge is 0.465 e. The van der Waals surface area contributed by atoms with Crippen LogP contribution < -0.4 is 10.6 Å². The van der Waals surface area contributed by atoms with E-state index in [9.17, 15) is 4.79 Å². The van der Waals surface area contributed by atoms with E-state index >= 15 is 0 Å². The quantitative estimate of drug-likeness (QED) is 0.608. The van der Waals surface area contributed by atoms with Gasteiger partial charge in [-0.1, -0.05) is 41.4 Å². The molecule has 3 aromatic rings. The van der Waals surface area contributed by atoms with E-state index in [1.807, 2.05) is 0 Å². The minimum absolute atomic E-state index is 0.368. The zero-order valence-electron chi connectivity index (χ0n) is 15.0. The third kappa shape index (κ3) is 4.95. The second kappa shape index (κ2) is 8.51. The first-order valence-corrected chi connectivity index (χ1v) is 8.70. The SMILES string of the molecule is COC(=O)c1ccc(Cl)c(Nc2nccc(NCc3ccc(C)cc3)n2)c1. The molecule has 3 rings (SSSR count). The molecule has 0 aliphatic rings. The number of anilines is 3. The highest BCUT2D eigenvalue weighted by Gasteiger charge is 2.10. The molecule has 0 saturated carbocycles. The molecule has 0 unspecified atom stereocenters. The fraction of sp³-hybridized carbons (Fsp3) is 0.150. The lowest BCUT2D eigenvalue weighted by atomic mass is 10.1. The van der Waals surface area contributed by atoms with Gasteiger partial charge in [0.2, 0.25) is 5.95 Å². The molecule has 1 aromatic heterocycles. The smallest absolute Gasteiger partial charge is 0.337 e. The van der Waals surface area contributed by atoms with Crippen LogP contribution in [0.1, 0.15) is 21.5 Å². The van der Waals surface area contributed by atoms with Gasteiger partial charge in [0.1, 0.15) is 5.82 Å². The Balaban J connectivity index is 1.72. The Labute approximate surface area is 162 Å². The number of esters is 1. The highest BCUT2D eigenvalue weighted by molar-refractivity contribution is 6.33. The summed E-state index contributed by atoms with van der Waals surface area (Å²) in [5, 5.41) is 6.75. The number of methoxy groups -OCH3 is 1. The number of rotatable bonds is 6. The Kier molecular flexibility index (Phi) is 5.88. The van der Waals surface area contributed by atoms with Crippen molar-refractivity contribution < 1.29 is 9.53 Å². The van der Waals surface area contributed by atoms with Gasteiger partial charge in [-0.2, -0.15) is 4.98 Å². The molecule has 0 atom stereocenters. The molecule has 0 spiro atoms. The maximum atomic E-state index is 11.7. The first-order chi connectivity index (χ1) is 13.0. The van der Waals surface area contributed by atoms with Crippen molar-refractivity contribution in [2.24, 2.45) is 0 Å². The summed E-state index contributed by atoms with van der Waals surface area (Å²) < 4.78 is 4.73. The van der Waals surface area contributed by atoms with Crippen molar-refractivity contribution in [1.29, 1.82) is 0 Å². The number of ether oxygens (including phenoxy) is 1. The molecule has 138 valence electrons. The number of halogens is 1. The minimum atomic E-state index is -0.441. The van der Waals surface area contributed by atoms with E-state index in [1.165, 1.54) is 12.7 Å². The lowest BCUT2D eigenvalue weighted by Crippen LogP contribution is -2.05. The van der Waals surface area contributed by atoms with Gasteiger partial charge in [-0.15, -0.1) is 0 Å². The third-order valence-electron chi connectivity index (χ3n) is 3.88. The van der Waals surface area contributed by atoms with Crippen LogP contribution in [0.15, 0.2) is 54.7 Å². The van der Waals surface area contributed by atoms with Crippen molar-refractivity contribution in [1.82, 2.24) is 9.97 Å². The molecule has 7 heteroatoms. The van der Waals surface area contributed by atoms with Crippen LogP contribution in [0, 0.1) is 6.92 Å². The van der Waals surface area contributed by atoms with Crippen LogP contribution in [0.4, 0.5) is 17.5 Å². The van der Waals surface area contributed by atoms with E-state index in [2.05, 4.69) is 51.8 Å². The Morgan fingerprint density at radius 2 is 1.93 bits per heavy atom. The van der Waals surface area contributed by atoms with Crippen molar-refractivity contribution in [2.45, 2.75) is 13.5 Å². The zero-order valence-corrected chi connectivity index (χ0v) is 15.7. The normalized spacial score (nSPS) is 10.3. The van der Waals surface area contributed by atoms with Gasteiger partial charge in [0, 0.05) is 12.7 Å². The maximum absolute atomic E-state index is 11.7. The Morgan fingerprint density at radius 3 is 2.67 bits per heavy atom. The molecule has 0 aliphatic heterocycles. The average molecular weight is 383 g/mol. The van der Waals surface area contributed by atoms with Gasteiger partial charge in [-0.05, 0) is 36.8 Å². The molecule has 0 fully saturated rings. The lowest BCUT2D eigenvalue weighted by molar-refractivity contribution is 0.0601. The summed E-state index contributed by atoms with van der Waals surface area (Å²) in [6.07, 6.45) is 1.64. The van der Waals surface area contributed by atoms with Crippen LogP contribution in [0.25, 0.3) is 0 Å². The van der Waals surface area contributed by atoms with E-state index in [-0.39, 0.29) is 0 Å². The maximum Gasteiger partial charge on any atom is 0.337 e. The molecular weight excluding hydrogens is 364 g/mol. The number of nitrogens with one attached hydrogen (secondary N) is 2.